The van der Waals surface area contributed by atoms with Crippen molar-refractivity contribution in [2.24, 2.45) is 11.5 Å². The molecule has 3 amide bonds. The van der Waals surface area contributed by atoms with Crippen molar-refractivity contribution >= 4 is 23.7 Å². The van der Waals surface area contributed by atoms with Gasteiger partial charge in [0.05, 0.1) is 6.04 Å². The number of hydrogen-bond acceptors (Lipinski definition) is 8. The van der Waals surface area contributed by atoms with Crippen molar-refractivity contribution in [2.75, 3.05) is 13.1 Å². The lowest BCUT2D eigenvalue weighted by Gasteiger charge is -2.24. The molecule has 0 aromatic heterocycles. The van der Waals surface area contributed by atoms with Crippen LogP contribution in [0.5, 0.6) is 11.5 Å². The van der Waals surface area contributed by atoms with Gasteiger partial charge in [-0.15, -0.1) is 0 Å². The van der Waals surface area contributed by atoms with E-state index in [0.717, 1.165) is 0 Å². The van der Waals surface area contributed by atoms with Gasteiger partial charge < -0.3 is 42.7 Å². The van der Waals surface area contributed by atoms with Gasteiger partial charge in [0.2, 0.25) is 17.7 Å². The number of aromatic hydroxyl groups is 2. The van der Waals surface area contributed by atoms with Crippen LogP contribution < -0.4 is 27.4 Å². The Bertz CT molecular complexity index is 1220. The van der Waals surface area contributed by atoms with E-state index in [0.29, 0.717) is 28.7 Å². The average Bonchev–Trinajstić information content (AvgIpc) is 2.90. The Hall–Kier alpha value is -4.16. The van der Waals surface area contributed by atoms with Crippen LogP contribution in [0.4, 0.5) is 0 Å². The van der Waals surface area contributed by atoms with Crippen molar-refractivity contribution in [3.8, 4) is 22.6 Å². The van der Waals surface area contributed by atoms with Crippen molar-refractivity contribution in [1.29, 1.82) is 0 Å². The van der Waals surface area contributed by atoms with Crippen molar-refractivity contribution in [3.05, 3.63) is 47.5 Å². The largest absolute Gasteiger partial charge is 0.508 e. The predicted octanol–water partition coefficient (Wildman–Crippen LogP) is -0.120. The van der Waals surface area contributed by atoms with Gasteiger partial charge in [-0.2, -0.15) is 0 Å². The molecule has 3 atom stereocenters. The van der Waals surface area contributed by atoms with Gasteiger partial charge in [-0.3, -0.25) is 19.2 Å². The summed E-state index contributed by atoms with van der Waals surface area (Å²) in [4.78, 5) is 50.1. The zero-order valence-corrected chi connectivity index (χ0v) is 21.5. The lowest BCUT2D eigenvalue weighted by Crippen LogP contribution is -2.56. The van der Waals surface area contributed by atoms with Crippen LogP contribution in [-0.4, -0.2) is 70.2 Å². The van der Waals surface area contributed by atoms with Gasteiger partial charge in [0, 0.05) is 25.8 Å². The molecule has 1 heterocycles. The first-order chi connectivity index (χ1) is 18.6. The number of hydrogen-bond donors (Lipinski definition) is 8. The molecule has 0 unspecified atom stereocenters. The van der Waals surface area contributed by atoms with Gasteiger partial charge in [-0.1, -0.05) is 12.1 Å². The van der Waals surface area contributed by atoms with Crippen LogP contribution in [0.1, 0.15) is 36.8 Å². The number of phenols is 2. The highest BCUT2D eigenvalue weighted by Gasteiger charge is 2.29. The predicted molar refractivity (Wildman–Crippen MR) is 143 cm³/mol. The Morgan fingerprint density at radius 2 is 1.54 bits per heavy atom. The highest BCUT2D eigenvalue weighted by atomic mass is 16.4. The molecule has 0 aliphatic carbocycles. The summed E-state index contributed by atoms with van der Waals surface area (Å²) in [6.07, 6.45) is 0.572. The molecular formula is C27H35N5O7. The molecule has 4 bridgehead atoms. The van der Waals surface area contributed by atoms with E-state index in [1.165, 1.54) is 12.1 Å². The summed E-state index contributed by atoms with van der Waals surface area (Å²) in [6, 6.07) is 6.42. The van der Waals surface area contributed by atoms with Gasteiger partial charge >= 0.3 is 5.97 Å². The standard InChI is InChI=1S/C27H35N5O7/c28-9-1-3-20-27(39)32-21(26(38)30-10-2-4-24(35)36)14-18-12-16(6-8-23(18)34)15-5-7-22(33)17(11-15)13-19(29)25(37)31-20/h5-8,11-12,19-21,33-34H,1-4,9-10,13-14,28-29H2,(H,30,38)(H,31,37)(H,32,39)(H,35,36)/t19-,20-,21-/m0/s1. The number of nitrogens with two attached hydrogens (primary N) is 2. The molecule has 12 nitrogen and oxygen atoms in total. The summed E-state index contributed by atoms with van der Waals surface area (Å²) in [5.41, 5.74) is 13.9. The zero-order chi connectivity index (χ0) is 28.5. The highest BCUT2D eigenvalue weighted by Crippen LogP contribution is 2.30. The summed E-state index contributed by atoms with van der Waals surface area (Å²) in [6.45, 7) is 0.336. The van der Waals surface area contributed by atoms with Gasteiger partial charge in [0.25, 0.3) is 0 Å². The smallest absolute Gasteiger partial charge is 0.303 e. The van der Waals surface area contributed by atoms with Crippen LogP contribution >= 0.6 is 0 Å². The van der Waals surface area contributed by atoms with E-state index >= 15 is 0 Å². The minimum Gasteiger partial charge on any atom is -0.508 e. The molecule has 0 radical (unpaired) electrons. The fraction of sp³-hybridized carbons (Fsp3) is 0.407. The first-order valence-corrected chi connectivity index (χ1v) is 12.8. The van der Waals surface area contributed by atoms with E-state index in [1.54, 1.807) is 24.3 Å². The number of carboxylic acids is 1. The van der Waals surface area contributed by atoms with Gasteiger partial charge in [0.15, 0.2) is 0 Å². The summed E-state index contributed by atoms with van der Waals surface area (Å²) >= 11 is 0. The van der Waals surface area contributed by atoms with E-state index in [2.05, 4.69) is 16.0 Å². The van der Waals surface area contributed by atoms with E-state index in [4.69, 9.17) is 16.6 Å². The lowest BCUT2D eigenvalue weighted by molar-refractivity contribution is -0.137. The van der Waals surface area contributed by atoms with E-state index in [9.17, 15) is 29.4 Å². The quantitative estimate of drug-likeness (QED) is 0.209. The Labute approximate surface area is 225 Å². The maximum Gasteiger partial charge on any atom is 0.303 e. The van der Waals surface area contributed by atoms with Crippen molar-refractivity contribution < 1.29 is 34.5 Å². The van der Waals surface area contributed by atoms with Crippen LogP contribution in [-0.2, 0) is 32.0 Å². The fourth-order valence-corrected chi connectivity index (χ4v) is 4.33. The molecule has 3 rings (SSSR count). The number of aliphatic carboxylic acids is 1. The number of phenolic OH excluding ortho intramolecular Hbond substituents is 2. The first-order valence-electron chi connectivity index (χ1n) is 12.8. The minimum absolute atomic E-state index is 0.00302. The lowest BCUT2D eigenvalue weighted by atomic mass is 9.95. The highest BCUT2D eigenvalue weighted by molar-refractivity contribution is 5.93. The number of nitrogens with one attached hydrogen (secondary N) is 3. The van der Waals surface area contributed by atoms with E-state index < -0.39 is 41.8 Å². The molecule has 39 heavy (non-hydrogen) atoms. The maximum atomic E-state index is 13.3. The number of fused-ring (bicyclic) bond motifs is 5. The molecule has 1 aliphatic rings. The Kier molecular flexibility index (Phi) is 10.2. The monoisotopic (exact) mass is 541 g/mol. The third kappa shape index (κ3) is 8.16. The van der Waals surface area contributed by atoms with Gasteiger partial charge in [-0.25, -0.2) is 0 Å². The van der Waals surface area contributed by atoms with Crippen LogP contribution in [0.25, 0.3) is 11.1 Å². The second-order valence-corrected chi connectivity index (χ2v) is 9.54. The molecule has 210 valence electrons. The molecule has 2 aromatic rings. The average molecular weight is 542 g/mol. The normalized spacial score (nSPS) is 19.7. The Morgan fingerprint density at radius 1 is 0.923 bits per heavy atom. The summed E-state index contributed by atoms with van der Waals surface area (Å²) in [7, 11) is 0. The number of amides is 3. The minimum atomic E-state index is -1.14. The molecule has 12 heteroatoms. The molecule has 10 N–H and O–H groups in total. The van der Waals surface area contributed by atoms with Crippen molar-refractivity contribution in [2.45, 2.75) is 56.7 Å². The molecule has 0 spiro atoms. The number of benzene rings is 2. The zero-order valence-electron chi connectivity index (χ0n) is 21.5. The van der Waals surface area contributed by atoms with Crippen LogP contribution in [0.15, 0.2) is 36.4 Å². The topological polar surface area (TPSA) is 217 Å². The van der Waals surface area contributed by atoms with Crippen molar-refractivity contribution in [3.63, 3.8) is 0 Å². The van der Waals surface area contributed by atoms with E-state index in [1.807, 2.05) is 0 Å². The number of rotatable bonds is 8. The fourth-order valence-electron chi connectivity index (χ4n) is 4.33. The molecular weight excluding hydrogens is 506 g/mol. The molecule has 0 saturated carbocycles. The molecule has 2 aromatic carbocycles. The Balaban J connectivity index is 2.01. The Morgan fingerprint density at radius 3 is 2.13 bits per heavy atom. The van der Waals surface area contributed by atoms with Crippen LogP contribution in [0.2, 0.25) is 0 Å². The second-order valence-electron chi connectivity index (χ2n) is 9.54. The van der Waals surface area contributed by atoms with Crippen LogP contribution in [0.3, 0.4) is 0 Å². The third-order valence-electron chi connectivity index (χ3n) is 6.52. The number of carbonyl (C=O) groups is 4. The summed E-state index contributed by atoms with van der Waals surface area (Å²) in [5.74, 6) is -2.95. The molecule has 1 aliphatic heterocycles. The third-order valence-corrected chi connectivity index (χ3v) is 6.52. The first kappa shape index (κ1) is 29.4. The maximum absolute atomic E-state index is 13.3. The van der Waals surface area contributed by atoms with E-state index in [-0.39, 0.29) is 56.7 Å². The van der Waals surface area contributed by atoms with Crippen molar-refractivity contribution in [1.82, 2.24) is 16.0 Å². The second kappa shape index (κ2) is 13.6. The summed E-state index contributed by atoms with van der Waals surface area (Å²) < 4.78 is 0. The number of carboxylic acid groups (broad SMARTS) is 1. The van der Waals surface area contributed by atoms with Gasteiger partial charge in [0.1, 0.15) is 23.6 Å². The molecule has 0 saturated heterocycles. The van der Waals surface area contributed by atoms with Crippen LogP contribution in [0, 0.1) is 0 Å². The summed E-state index contributed by atoms with van der Waals surface area (Å²) in [5, 5.41) is 37.7. The van der Waals surface area contributed by atoms with Gasteiger partial charge in [-0.05, 0) is 72.3 Å². The number of carbonyl (C=O) groups excluding carboxylic acids is 3. The molecule has 0 fully saturated rings. The SMILES string of the molecule is NCCC[C@@H]1NC(=O)[C@@H](N)Cc2cc(ccc2O)-c2ccc(O)c(c2)C[C@@H](C(=O)NCCCC(=O)O)NC1=O.